The highest BCUT2D eigenvalue weighted by Gasteiger charge is 2.21. The third kappa shape index (κ3) is 4.61. The SMILES string of the molecule is C[n+]1cn(CCOC(=O)C(CO)c2ccccc2)c(=O)c2ccccc21.[Br-]. The van der Waals surface area contributed by atoms with Crippen molar-refractivity contribution in [3.8, 4) is 0 Å². The van der Waals surface area contributed by atoms with E-state index < -0.39 is 11.9 Å². The lowest BCUT2D eigenvalue weighted by Crippen LogP contribution is -3.00. The Balaban J connectivity index is 0.00000261. The van der Waals surface area contributed by atoms with Crippen LogP contribution in [0.25, 0.3) is 10.9 Å². The third-order valence-electron chi connectivity index (χ3n) is 4.33. The molecule has 1 aromatic heterocycles. The first-order chi connectivity index (χ1) is 12.6. The standard InChI is InChI=1S/C20H21N2O4.BrH/c1-21-14-22(19(24)16-9-5-6-10-18(16)21)11-12-26-20(25)17(13-23)15-7-3-2-4-8-15;/h2-10,14,17,23H,11-13H2,1H3;1H/q+1;/p-1. The molecule has 0 fully saturated rings. The van der Waals surface area contributed by atoms with Crippen LogP contribution >= 0.6 is 0 Å². The molecule has 1 unspecified atom stereocenters. The molecular formula is C20H21BrN2O4. The lowest BCUT2D eigenvalue weighted by Gasteiger charge is -2.13. The Morgan fingerprint density at radius 3 is 2.52 bits per heavy atom. The van der Waals surface area contributed by atoms with Crippen LogP contribution in [0.2, 0.25) is 0 Å². The normalized spacial score (nSPS) is 11.6. The van der Waals surface area contributed by atoms with Gasteiger partial charge >= 0.3 is 11.5 Å². The first-order valence-electron chi connectivity index (χ1n) is 8.42. The van der Waals surface area contributed by atoms with Crippen molar-refractivity contribution in [1.29, 1.82) is 0 Å². The number of aryl methyl sites for hydroxylation is 1. The van der Waals surface area contributed by atoms with Gasteiger partial charge < -0.3 is 26.8 Å². The van der Waals surface area contributed by atoms with Crippen molar-refractivity contribution < 1.29 is 36.2 Å². The molecule has 0 amide bonds. The van der Waals surface area contributed by atoms with Crippen LogP contribution in [-0.2, 0) is 23.1 Å². The molecule has 0 aliphatic rings. The number of ether oxygens (including phenoxy) is 1. The molecule has 0 spiro atoms. The van der Waals surface area contributed by atoms with E-state index in [4.69, 9.17) is 4.74 Å². The maximum absolute atomic E-state index is 12.5. The molecule has 3 rings (SSSR count). The van der Waals surface area contributed by atoms with Crippen LogP contribution in [-0.4, -0.2) is 28.9 Å². The van der Waals surface area contributed by atoms with Crippen LogP contribution in [0.15, 0.2) is 65.7 Å². The predicted molar refractivity (Wildman–Crippen MR) is 96.6 cm³/mol. The highest BCUT2D eigenvalue weighted by atomic mass is 79.9. The number of nitrogens with zero attached hydrogens (tertiary/aromatic N) is 2. The van der Waals surface area contributed by atoms with Crippen molar-refractivity contribution in [2.75, 3.05) is 13.2 Å². The monoisotopic (exact) mass is 432 g/mol. The van der Waals surface area contributed by atoms with Gasteiger partial charge in [0.2, 0.25) is 6.33 Å². The number of fused-ring (bicyclic) bond motifs is 1. The molecule has 0 aliphatic carbocycles. The van der Waals surface area contributed by atoms with E-state index in [1.165, 1.54) is 4.57 Å². The van der Waals surface area contributed by atoms with Crippen molar-refractivity contribution >= 4 is 16.9 Å². The summed E-state index contributed by atoms with van der Waals surface area (Å²) in [6.07, 6.45) is 1.69. The zero-order valence-corrected chi connectivity index (χ0v) is 16.5. The summed E-state index contributed by atoms with van der Waals surface area (Å²) in [6, 6.07) is 16.4. The van der Waals surface area contributed by atoms with Gasteiger partial charge in [-0.3, -0.25) is 4.79 Å². The van der Waals surface area contributed by atoms with Crippen LogP contribution in [0, 0.1) is 0 Å². The third-order valence-corrected chi connectivity index (χ3v) is 4.33. The van der Waals surface area contributed by atoms with Gasteiger partial charge in [0, 0.05) is 0 Å². The van der Waals surface area contributed by atoms with Gasteiger partial charge in [0.1, 0.15) is 30.0 Å². The smallest absolute Gasteiger partial charge is 0.345 e. The van der Waals surface area contributed by atoms with Crippen molar-refractivity contribution in [3.63, 3.8) is 0 Å². The van der Waals surface area contributed by atoms with Crippen molar-refractivity contribution in [1.82, 2.24) is 4.57 Å². The Labute approximate surface area is 167 Å². The molecule has 3 aromatic rings. The summed E-state index contributed by atoms with van der Waals surface area (Å²) in [7, 11) is 1.86. The summed E-state index contributed by atoms with van der Waals surface area (Å²) in [5.41, 5.74) is 1.42. The van der Waals surface area contributed by atoms with E-state index in [-0.39, 0.29) is 42.3 Å². The number of carbonyl (C=O) groups is 1. The Kier molecular flexibility index (Phi) is 7.27. The first kappa shape index (κ1) is 20.8. The molecule has 0 saturated heterocycles. The molecule has 0 bridgehead atoms. The highest BCUT2D eigenvalue weighted by molar-refractivity contribution is 5.78. The number of aromatic nitrogens is 2. The van der Waals surface area contributed by atoms with E-state index in [1.807, 2.05) is 35.9 Å². The Morgan fingerprint density at radius 1 is 1.15 bits per heavy atom. The summed E-state index contributed by atoms with van der Waals surface area (Å²) in [5.74, 6) is -1.22. The summed E-state index contributed by atoms with van der Waals surface area (Å²) in [4.78, 5) is 24.8. The number of aliphatic hydroxyl groups excluding tert-OH is 1. The molecule has 7 heteroatoms. The minimum atomic E-state index is -0.722. The van der Waals surface area contributed by atoms with E-state index in [1.54, 1.807) is 36.7 Å². The maximum atomic E-state index is 12.5. The number of hydrogen-bond donors (Lipinski definition) is 1. The predicted octanol–water partition coefficient (Wildman–Crippen LogP) is -1.85. The maximum Gasteiger partial charge on any atom is 0.345 e. The summed E-state index contributed by atoms with van der Waals surface area (Å²) in [6.45, 7) is -0.0235. The largest absolute Gasteiger partial charge is 1.00 e. The number of esters is 1. The minimum absolute atomic E-state index is 0. The molecule has 6 nitrogen and oxygen atoms in total. The van der Waals surface area contributed by atoms with Crippen LogP contribution in [0.1, 0.15) is 11.5 Å². The number of aliphatic hydroxyl groups is 1. The molecule has 2 aromatic carbocycles. The number of rotatable bonds is 6. The number of carbonyl (C=O) groups excluding carboxylic acids is 1. The molecule has 142 valence electrons. The van der Waals surface area contributed by atoms with Gasteiger partial charge in [0.25, 0.3) is 0 Å². The Hall–Kier alpha value is -2.51. The zero-order valence-electron chi connectivity index (χ0n) is 14.9. The molecule has 0 aliphatic heterocycles. The molecule has 1 N–H and O–H groups in total. The fourth-order valence-corrected chi connectivity index (χ4v) is 2.95. The minimum Gasteiger partial charge on any atom is -1.00 e. The molecule has 1 heterocycles. The Bertz CT molecular complexity index is 973. The van der Waals surface area contributed by atoms with E-state index in [0.717, 1.165) is 5.52 Å². The van der Waals surface area contributed by atoms with Crippen LogP contribution < -0.4 is 27.1 Å². The van der Waals surface area contributed by atoms with Crippen LogP contribution in [0.4, 0.5) is 0 Å². The highest BCUT2D eigenvalue weighted by Crippen LogP contribution is 2.16. The van der Waals surface area contributed by atoms with Gasteiger partial charge in [-0.2, -0.15) is 4.57 Å². The van der Waals surface area contributed by atoms with Crippen LogP contribution in [0.5, 0.6) is 0 Å². The van der Waals surface area contributed by atoms with Gasteiger partial charge in [-0.15, -0.1) is 0 Å². The van der Waals surface area contributed by atoms with Gasteiger partial charge in [0.15, 0.2) is 0 Å². The zero-order chi connectivity index (χ0) is 18.5. The van der Waals surface area contributed by atoms with E-state index in [9.17, 15) is 14.7 Å². The quantitative estimate of drug-likeness (QED) is 0.366. The molecule has 1 atom stereocenters. The molecular weight excluding hydrogens is 412 g/mol. The Morgan fingerprint density at radius 2 is 1.81 bits per heavy atom. The van der Waals surface area contributed by atoms with Gasteiger partial charge in [-0.1, -0.05) is 42.5 Å². The number of halogens is 1. The summed E-state index contributed by atoms with van der Waals surface area (Å²) >= 11 is 0. The second-order valence-corrected chi connectivity index (χ2v) is 6.06. The van der Waals surface area contributed by atoms with Gasteiger partial charge in [0.05, 0.1) is 13.7 Å². The van der Waals surface area contributed by atoms with Gasteiger partial charge in [-0.05, 0) is 17.7 Å². The molecule has 0 radical (unpaired) electrons. The van der Waals surface area contributed by atoms with Crippen molar-refractivity contribution in [2.45, 2.75) is 12.5 Å². The van der Waals surface area contributed by atoms with Crippen molar-refractivity contribution in [2.24, 2.45) is 7.05 Å². The number of para-hydroxylation sites is 1. The van der Waals surface area contributed by atoms with Crippen molar-refractivity contribution in [3.05, 3.63) is 76.8 Å². The van der Waals surface area contributed by atoms with E-state index in [0.29, 0.717) is 10.9 Å². The molecule has 0 saturated carbocycles. The molecule has 27 heavy (non-hydrogen) atoms. The second-order valence-electron chi connectivity index (χ2n) is 6.06. The lowest BCUT2D eigenvalue weighted by atomic mass is 10.0. The van der Waals surface area contributed by atoms with Crippen LogP contribution in [0.3, 0.4) is 0 Å². The summed E-state index contributed by atoms with van der Waals surface area (Å²) < 4.78 is 8.67. The topological polar surface area (TPSA) is 72.4 Å². The lowest BCUT2D eigenvalue weighted by molar-refractivity contribution is -0.649. The van der Waals surface area contributed by atoms with Gasteiger partial charge in [-0.25, -0.2) is 9.36 Å². The van der Waals surface area contributed by atoms with E-state index >= 15 is 0 Å². The second kappa shape index (κ2) is 9.43. The fourth-order valence-electron chi connectivity index (χ4n) is 2.95. The average Bonchev–Trinajstić information content (AvgIpc) is 2.67. The van der Waals surface area contributed by atoms with E-state index in [2.05, 4.69) is 0 Å². The number of benzene rings is 2. The first-order valence-corrected chi connectivity index (χ1v) is 8.42. The fraction of sp³-hybridized carbons (Fsp3) is 0.250. The average molecular weight is 433 g/mol. The number of hydrogen-bond acceptors (Lipinski definition) is 4. The summed E-state index contributed by atoms with van der Waals surface area (Å²) in [5, 5.41) is 10.1.